The molecule has 0 aliphatic carbocycles. The van der Waals surface area contributed by atoms with Gasteiger partial charge in [-0.25, -0.2) is 4.99 Å². The molecule has 0 bridgehead atoms. The maximum Gasteiger partial charge on any atom is 0.222 e. The molecule has 1 atom stereocenters. The molecule has 6 heteroatoms. The highest BCUT2D eigenvalue weighted by Gasteiger charge is 2.20. The molecule has 1 aromatic rings. The summed E-state index contributed by atoms with van der Waals surface area (Å²) in [6.07, 6.45) is 5.18. The summed E-state index contributed by atoms with van der Waals surface area (Å²) < 4.78 is 0. The van der Waals surface area contributed by atoms with E-state index in [4.69, 9.17) is 5.73 Å². The van der Waals surface area contributed by atoms with Crippen LogP contribution in [0.1, 0.15) is 64.0 Å². The van der Waals surface area contributed by atoms with E-state index in [1.807, 2.05) is 17.0 Å². The number of nitrogens with one attached hydrogen (secondary N) is 1. The molecule has 1 saturated heterocycles. The summed E-state index contributed by atoms with van der Waals surface area (Å²) in [6.45, 7) is 8.71. The van der Waals surface area contributed by atoms with E-state index < -0.39 is 0 Å². The number of amides is 1. The number of guanidine groups is 1. The van der Waals surface area contributed by atoms with Gasteiger partial charge in [-0.05, 0) is 36.8 Å². The number of rotatable bonds is 9. The molecule has 0 saturated carbocycles. The number of halogens is 1. The Bertz CT molecular complexity index is 618. The third-order valence-corrected chi connectivity index (χ3v) is 4.88. The second-order valence-electron chi connectivity index (χ2n) is 7.76. The van der Waals surface area contributed by atoms with Gasteiger partial charge in [0.25, 0.3) is 0 Å². The van der Waals surface area contributed by atoms with Gasteiger partial charge in [-0.15, -0.1) is 24.0 Å². The first-order valence-electron chi connectivity index (χ1n) is 9.86. The minimum absolute atomic E-state index is 0. The van der Waals surface area contributed by atoms with Gasteiger partial charge in [-0.2, -0.15) is 0 Å². The molecule has 5 nitrogen and oxygen atoms in total. The molecule has 1 heterocycles. The molecular formula is C21H35IN4O. The number of likely N-dealkylation sites (tertiary alicyclic amines) is 1. The van der Waals surface area contributed by atoms with E-state index >= 15 is 0 Å². The number of hydrogen-bond donors (Lipinski definition) is 2. The average molecular weight is 486 g/mol. The Morgan fingerprint density at radius 3 is 2.56 bits per heavy atom. The molecule has 1 aromatic carbocycles. The van der Waals surface area contributed by atoms with Crippen LogP contribution in [-0.4, -0.2) is 29.4 Å². The standard InChI is InChI=1S/C21H34N4O.HI/c1-16(2)8-6-9-17(3)24-21(22)23-14-18-10-4-5-11-19(18)15-25-13-7-12-20(25)26;/h4-5,10-11,16-17H,6-9,12-15H2,1-3H3,(H3,22,23,24);1H. The van der Waals surface area contributed by atoms with Gasteiger partial charge >= 0.3 is 0 Å². The summed E-state index contributed by atoms with van der Waals surface area (Å²) >= 11 is 0. The topological polar surface area (TPSA) is 70.7 Å². The first kappa shape index (κ1) is 23.7. The van der Waals surface area contributed by atoms with Crippen molar-refractivity contribution >= 4 is 35.8 Å². The number of nitrogens with two attached hydrogens (primary N) is 1. The molecule has 1 aliphatic rings. The number of nitrogens with zero attached hydrogens (tertiary/aromatic N) is 2. The van der Waals surface area contributed by atoms with Crippen LogP contribution in [0.3, 0.4) is 0 Å². The number of carbonyl (C=O) groups is 1. The molecule has 1 aliphatic heterocycles. The molecule has 0 aromatic heterocycles. The Kier molecular flexibility index (Phi) is 10.7. The lowest BCUT2D eigenvalue weighted by Crippen LogP contribution is -2.38. The van der Waals surface area contributed by atoms with Gasteiger partial charge in [-0.3, -0.25) is 4.79 Å². The highest BCUT2D eigenvalue weighted by atomic mass is 127. The van der Waals surface area contributed by atoms with Crippen molar-refractivity contribution < 1.29 is 4.79 Å². The normalized spacial score (nSPS) is 15.8. The SMILES string of the molecule is CC(C)CCCC(C)NC(N)=NCc1ccccc1CN1CCCC1=O.I. The summed E-state index contributed by atoms with van der Waals surface area (Å²) in [6, 6.07) is 8.50. The highest BCUT2D eigenvalue weighted by Crippen LogP contribution is 2.17. The molecule has 1 fully saturated rings. The maximum absolute atomic E-state index is 11.9. The summed E-state index contributed by atoms with van der Waals surface area (Å²) in [7, 11) is 0. The Morgan fingerprint density at radius 1 is 1.22 bits per heavy atom. The molecule has 2 rings (SSSR count). The van der Waals surface area contributed by atoms with Gasteiger partial charge in [0.2, 0.25) is 5.91 Å². The fourth-order valence-electron chi connectivity index (χ4n) is 3.32. The summed E-state index contributed by atoms with van der Waals surface area (Å²) in [5, 5.41) is 3.29. The molecule has 1 unspecified atom stereocenters. The van der Waals surface area contributed by atoms with Crippen LogP contribution in [-0.2, 0) is 17.9 Å². The Hall–Kier alpha value is -1.31. The van der Waals surface area contributed by atoms with Crippen LogP contribution >= 0.6 is 24.0 Å². The van der Waals surface area contributed by atoms with E-state index in [1.54, 1.807) is 0 Å². The lowest BCUT2D eigenvalue weighted by molar-refractivity contribution is -0.128. The van der Waals surface area contributed by atoms with E-state index in [0.717, 1.165) is 36.4 Å². The molecule has 1 amide bonds. The van der Waals surface area contributed by atoms with Gasteiger partial charge in [0, 0.05) is 25.6 Å². The zero-order valence-electron chi connectivity index (χ0n) is 16.9. The molecule has 3 N–H and O–H groups in total. The smallest absolute Gasteiger partial charge is 0.222 e. The second kappa shape index (κ2) is 12.2. The van der Waals surface area contributed by atoms with E-state index in [1.165, 1.54) is 12.8 Å². The first-order chi connectivity index (χ1) is 12.5. The van der Waals surface area contributed by atoms with Gasteiger partial charge in [0.05, 0.1) is 6.54 Å². The fraction of sp³-hybridized carbons (Fsp3) is 0.619. The Morgan fingerprint density at radius 2 is 1.93 bits per heavy atom. The van der Waals surface area contributed by atoms with Crippen LogP contribution in [0.5, 0.6) is 0 Å². The van der Waals surface area contributed by atoms with Crippen LogP contribution in [0.4, 0.5) is 0 Å². The highest BCUT2D eigenvalue weighted by molar-refractivity contribution is 14.0. The lowest BCUT2D eigenvalue weighted by atomic mass is 10.0. The van der Waals surface area contributed by atoms with Crippen LogP contribution in [0.2, 0.25) is 0 Å². The van der Waals surface area contributed by atoms with Crippen molar-refractivity contribution in [3.8, 4) is 0 Å². The summed E-state index contributed by atoms with van der Waals surface area (Å²) in [4.78, 5) is 18.3. The summed E-state index contributed by atoms with van der Waals surface area (Å²) in [5.41, 5.74) is 8.35. The van der Waals surface area contributed by atoms with E-state index in [0.29, 0.717) is 31.5 Å². The third kappa shape index (κ3) is 8.49. The predicted octanol–water partition coefficient (Wildman–Crippen LogP) is 4.05. The second-order valence-corrected chi connectivity index (χ2v) is 7.76. The minimum Gasteiger partial charge on any atom is -0.370 e. The van der Waals surface area contributed by atoms with Crippen LogP contribution < -0.4 is 11.1 Å². The zero-order chi connectivity index (χ0) is 18.9. The largest absolute Gasteiger partial charge is 0.370 e. The van der Waals surface area contributed by atoms with E-state index in [-0.39, 0.29) is 29.9 Å². The minimum atomic E-state index is 0. The fourth-order valence-corrected chi connectivity index (χ4v) is 3.32. The van der Waals surface area contributed by atoms with Crippen LogP contribution in [0.25, 0.3) is 0 Å². The van der Waals surface area contributed by atoms with Crippen molar-refractivity contribution in [3.63, 3.8) is 0 Å². The van der Waals surface area contributed by atoms with Crippen LogP contribution in [0.15, 0.2) is 29.3 Å². The van der Waals surface area contributed by atoms with Gasteiger partial charge < -0.3 is 16.0 Å². The van der Waals surface area contributed by atoms with Crippen molar-refractivity contribution in [2.45, 2.75) is 72.0 Å². The summed E-state index contributed by atoms with van der Waals surface area (Å²) in [5.74, 6) is 1.49. The number of aliphatic imine (C=N–C) groups is 1. The average Bonchev–Trinajstić information content (AvgIpc) is 2.98. The van der Waals surface area contributed by atoms with E-state index in [9.17, 15) is 4.79 Å². The lowest BCUT2D eigenvalue weighted by Gasteiger charge is -2.18. The first-order valence-corrected chi connectivity index (χ1v) is 9.86. The number of carbonyl (C=O) groups excluding carboxylic acids is 1. The number of hydrogen-bond acceptors (Lipinski definition) is 2. The van der Waals surface area contributed by atoms with Crippen molar-refractivity contribution in [1.82, 2.24) is 10.2 Å². The predicted molar refractivity (Wildman–Crippen MR) is 123 cm³/mol. The van der Waals surface area contributed by atoms with Gasteiger partial charge in [0.15, 0.2) is 5.96 Å². The third-order valence-electron chi connectivity index (χ3n) is 4.88. The molecule has 0 spiro atoms. The Balaban J connectivity index is 0.00000364. The Labute approximate surface area is 181 Å². The molecular weight excluding hydrogens is 451 g/mol. The van der Waals surface area contributed by atoms with E-state index in [2.05, 4.69) is 43.2 Å². The zero-order valence-corrected chi connectivity index (χ0v) is 19.2. The maximum atomic E-state index is 11.9. The van der Waals surface area contributed by atoms with Crippen LogP contribution in [0, 0.1) is 5.92 Å². The molecule has 27 heavy (non-hydrogen) atoms. The monoisotopic (exact) mass is 486 g/mol. The van der Waals surface area contributed by atoms with Crippen molar-refractivity contribution in [2.24, 2.45) is 16.6 Å². The molecule has 152 valence electrons. The number of benzene rings is 1. The van der Waals surface area contributed by atoms with Gasteiger partial charge in [-0.1, -0.05) is 51.0 Å². The van der Waals surface area contributed by atoms with Crippen molar-refractivity contribution in [2.75, 3.05) is 6.54 Å². The van der Waals surface area contributed by atoms with Crippen molar-refractivity contribution in [3.05, 3.63) is 35.4 Å². The van der Waals surface area contributed by atoms with Crippen molar-refractivity contribution in [1.29, 1.82) is 0 Å². The van der Waals surface area contributed by atoms with Gasteiger partial charge in [0.1, 0.15) is 0 Å². The quantitative estimate of drug-likeness (QED) is 0.315. The molecule has 0 radical (unpaired) electrons.